The van der Waals surface area contributed by atoms with Gasteiger partial charge in [-0.15, -0.1) is 0 Å². The zero-order chi connectivity index (χ0) is 16.5. The Bertz CT molecular complexity index is 487. The Morgan fingerprint density at radius 1 is 1.27 bits per heavy atom. The first-order valence-electron chi connectivity index (χ1n) is 7.29. The van der Waals surface area contributed by atoms with Gasteiger partial charge in [-0.3, -0.25) is 10.1 Å². The molecule has 1 atom stereocenters. The predicted molar refractivity (Wildman–Crippen MR) is 88.8 cm³/mol. The number of hydrogen-bond donors (Lipinski definition) is 2. The van der Waals surface area contributed by atoms with E-state index in [2.05, 4.69) is 21.2 Å². The highest BCUT2D eigenvalue weighted by molar-refractivity contribution is 9.10. The number of benzene rings is 1. The molecule has 0 saturated heterocycles. The van der Waals surface area contributed by atoms with Crippen molar-refractivity contribution in [3.63, 3.8) is 0 Å². The molecule has 0 radical (unpaired) electrons. The lowest BCUT2D eigenvalue weighted by molar-refractivity contribution is -0.128. The van der Waals surface area contributed by atoms with Gasteiger partial charge in [-0.2, -0.15) is 0 Å². The van der Waals surface area contributed by atoms with Crippen molar-refractivity contribution in [2.45, 2.75) is 39.2 Å². The molecule has 0 unspecified atom stereocenters. The fourth-order valence-corrected chi connectivity index (χ4v) is 2.16. The van der Waals surface area contributed by atoms with Crippen LogP contribution in [-0.2, 0) is 9.53 Å². The van der Waals surface area contributed by atoms with Crippen molar-refractivity contribution < 1.29 is 19.4 Å². The standard InChI is InChI=1S/C16H22BrNO4/c1-11(2)10-15(14(20)4-3-9-19)22-16(21)18-13-7-5-12(17)6-8-13/h5-8,11,15,19H,3-4,9-10H2,1-2H3,(H,18,21)/t15-/m0/s1. The quantitative estimate of drug-likeness (QED) is 0.729. The van der Waals surface area contributed by atoms with Gasteiger partial charge in [-0.1, -0.05) is 29.8 Å². The van der Waals surface area contributed by atoms with E-state index in [-0.39, 0.29) is 24.7 Å². The van der Waals surface area contributed by atoms with Crippen LogP contribution in [0.15, 0.2) is 28.7 Å². The number of ether oxygens (including phenoxy) is 1. The molecule has 1 aromatic rings. The number of nitrogens with one attached hydrogen (secondary N) is 1. The Labute approximate surface area is 139 Å². The van der Waals surface area contributed by atoms with E-state index in [1.165, 1.54) is 0 Å². The number of aliphatic hydroxyl groups excluding tert-OH is 1. The van der Waals surface area contributed by atoms with Crippen LogP contribution >= 0.6 is 15.9 Å². The van der Waals surface area contributed by atoms with E-state index in [0.717, 1.165) is 4.47 Å². The molecule has 122 valence electrons. The van der Waals surface area contributed by atoms with Gasteiger partial charge in [0.1, 0.15) is 0 Å². The van der Waals surface area contributed by atoms with Gasteiger partial charge >= 0.3 is 6.09 Å². The number of anilines is 1. The third kappa shape index (κ3) is 7.04. The van der Waals surface area contributed by atoms with Crippen molar-refractivity contribution in [2.24, 2.45) is 5.92 Å². The molecule has 22 heavy (non-hydrogen) atoms. The van der Waals surface area contributed by atoms with E-state index in [1.54, 1.807) is 24.3 Å². The van der Waals surface area contributed by atoms with Crippen LogP contribution in [0.4, 0.5) is 10.5 Å². The number of halogens is 1. The van der Waals surface area contributed by atoms with Crippen molar-refractivity contribution in [2.75, 3.05) is 11.9 Å². The Morgan fingerprint density at radius 3 is 2.45 bits per heavy atom. The summed E-state index contributed by atoms with van der Waals surface area (Å²) in [5, 5.41) is 11.4. The van der Waals surface area contributed by atoms with Crippen molar-refractivity contribution in [3.05, 3.63) is 28.7 Å². The van der Waals surface area contributed by atoms with Crippen LogP contribution in [0.2, 0.25) is 0 Å². The topological polar surface area (TPSA) is 75.6 Å². The third-order valence-corrected chi connectivity index (χ3v) is 3.49. The summed E-state index contributed by atoms with van der Waals surface area (Å²) in [4.78, 5) is 24.0. The van der Waals surface area contributed by atoms with E-state index in [4.69, 9.17) is 9.84 Å². The molecular weight excluding hydrogens is 350 g/mol. The van der Waals surface area contributed by atoms with Crippen LogP contribution in [0.25, 0.3) is 0 Å². The predicted octanol–water partition coefficient (Wildman–Crippen LogP) is 3.75. The summed E-state index contributed by atoms with van der Waals surface area (Å²) >= 11 is 3.31. The third-order valence-electron chi connectivity index (χ3n) is 2.97. The number of aliphatic hydroxyl groups is 1. The minimum Gasteiger partial charge on any atom is -0.438 e. The van der Waals surface area contributed by atoms with Gasteiger partial charge < -0.3 is 9.84 Å². The number of carbonyl (C=O) groups excluding carboxylic acids is 2. The molecule has 1 amide bonds. The number of hydrogen-bond acceptors (Lipinski definition) is 4. The Hall–Kier alpha value is -1.40. The monoisotopic (exact) mass is 371 g/mol. The summed E-state index contributed by atoms with van der Waals surface area (Å²) < 4.78 is 6.17. The average Bonchev–Trinajstić information content (AvgIpc) is 2.46. The van der Waals surface area contributed by atoms with Crippen LogP contribution in [0, 0.1) is 5.92 Å². The van der Waals surface area contributed by atoms with Gasteiger partial charge in [-0.25, -0.2) is 4.79 Å². The summed E-state index contributed by atoms with van der Waals surface area (Å²) in [5.74, 6) is 0.0669. The smallest absolute Gasteiger partial charge is 0.412 e. The second-order valence-corrected chi connectivity index (χ2v) is 6.36. The lowest BCUT2D eigenvalue weighted by Gasteiger charge is -2.19. The highest BCUT2D eigenvalue weighted by Gasteiger charge is 2.23. The molecule has 0 aliphatic rings. The molecule has 0 fully saturated rings. The Morgan fingerprint density at radius 2 is 1.91 bits per heavy atom. The van der Waals surface area contributed by atoms with Gasteiger partial charge in [0.25, 0.3) is 0 Å². The van der Waals surface area contributed by atoms with E-state index < -0.39 is 12.2 Å². The molecule has 0 heterocycles. The second kappa shape index (κ2) is 9.58. The largest absolute Gasteiger partial charge is 0.438 e. The minimum atomic E-state index is -0.776. The first-order chi connectivity index (χ1) is 10.4. The summed E-state index contributed by atoms with van der Waals surface area (Å²) in [6.45, 7) is 3.87. The van der Waals surface area contributed by atoms with Gasteiger partial charge in [0, 0.05) is 23.2 Å². The SMILES string of the molecule is CC(C)C[C@H](OC(=O)Nc1ccc(Br)cc1)C(=O)CCCO. The van der Waals surface area contributed by atoms with Crippen molar-refractivity contribution in [1.82, 2.24) is 0 Å². The number of carbonyl (C=O) groups is 2. The molecule has 5 nitrogen and oxygen atoms in total. The Kier molecular flexibility index (Phi) is 8.12. The molecule has 0 aliphatic heterocycles. The van der Waals surface area contributed by atoms with E-state index in [9.17, 15) is 9.59 Å². The number of rotatable bonds is 8. The maximum absolute atomic E-state index is 12.0. The maximum Gasteiger partial charge on any atom is 0.412 e. The van der Waals surface area contributed by atoms with E-state index in [1.807, 2.05) is 13.8 Å². The van der Waals surface area contributed by atoms with Crippen LogP contribution in [-0.4, -0.2) is 29.7 Å². The van der Waals surface area contributed by atoms with Crippen LogP contribution in [0.3, 0.4) is 0 Å². The molecule has 6 heteroatoms. The van der Waals surface area contributed by atoms with Crippen molar-refractivity contribution in [1.29, 1.82) is 0 Å². The number of Topliss-reactive ketones (excluding diaryl/α,β-unsaturated/α-hetero) is 1. The van der Waals surface area contributed by atoms with Crippen LogP contribution in [0.5, 0.6) is 0 Å². The summed E-state index contributed by atoms with van der Waals surface area (Å²) in [6, 6.07) is 7.06. The zero-order valence-electron chi connectivity index (χ0n) is 12.8. The molecular formula is C16H22BrNO4. The molecule has 1 rings (SSSR count). The fourth-order valence-electron chi connectivity index (χ4n) is 1.90. The van der Waals surface area contributed by atoms with Crippen LogP contribution < -0.4 is 5.32 Å². The van der Waals surface area contributed by atoms with Gasteiger partial charge in [0.05, 0.1) is 0 Å². The molecule has 0 spiro atoms. The highest BCUT2D eigenvalue weighted by Crippen LogP contribution is 2.16. The number of amides is 1. The summed E-state index contributed by atoms with van der Waals surface area (Å²) in [5.41, 5.74) is 0.597. The molecule has 0 saturated carbocycles. The normalized spacial score (nSPS) is 12.0. The van der Waals surface area contributed by atoms with Crippen LogP contribution in [0.1, 0.15) is 33.1 Å². The lowest BCUT2D eigenvalue weighted by Crippen LogP contribution is -2.31. The fraction of sp³-hybridized carbons (Fsp3) is 0.500. The second-order valence-electron chi connectivity index (χ2n) is 5.45. The molecule has 0 aliphatic carbocycles. The van der Waals surface area contributed by atoms with Gasteiger partial charge in [0.15, 0.2) is 11.9 Å². The van der Waals surface area contributed by atoms with E-state index in [0.29, 0.717) is 18.5 Å². The van der Waals surface area contributed by atoms with Crippen molar-refractivity contribution >= 4 is 33.5 Å². The molecule has 0 bridgehead atoms. The summed E-state index contributed by atoms with van der Waals surface area (Å²) in [6.07, 6.45) is -0.366. The van der Waals surface area contributed by atoms with E-state index >= 15 is 0 Å². The molecule has 0 aromatic heterocycles. The first kappa shape index (κ1) is 18.6. The number of ketones is 1. The minimum absolute atomic E-state index is 0.0504. The van der Waals surface area contributed by atoms with Crippen molar-refractivity contribution in [3.8, 4) is 0 Å². The highest BCUT2D eigenvalue weighted by atomic mass is 79.9. The summed E-state index contributed by atoms with van der Waals surface area (Å²) in [7, 11) is 0. The Balaban J connectivity index is 2.61. The lowest BCUT2D eigenvalue weighted by atomic mass is 10.0. The van der Waals surface area contributed by atoms with Gasteiger partial charge in [0.2, 0.25) is 0 Å². The zero-order valence-corrected chi connectivity index (χ0v) is 14.4. The van der Waals surface area contributed by atoms with Gasteiger partial charge in [-0.05, 0) is 43.0 Å². The average molecular weight is 372 g/mol. The molecule has 1 aromatic carbocycles. The first-order valence-corrected chi connectivity index (χ1v) is 8.08. The molecule has 2 N–H and O–H groups in total. The maximum atomic E-state index is 12.0.